The standard InChI is InChI=1S/C13H14BrN5/c1-2-7-19-10(5-6-16-19)12-13(15)18-8-9(14)3-4-11(18)17-12/h3-6,8H,2,7,15H2,1H3. The molecule has 0 spiro atoms. The van der Waals surface area contributed by atoms with Gasteiger partial charge >= 0.3 is 0 Å². The van der Waals surface area contributed by atoms with Crippen molar-refractivity contribution in [3.8, 4) is 11.4 Å². The molecule has 0 unspecified atom stereocenters. The van der Waals surface area contributed by atoms with Gasteiger partial charge in [0.1, 0.15) is 17.2 Å². The first-order chi connectivity index (χ1) is 9.20. The molecule has 3 heterocycles. The predicted molar refractivity (Wildman–Crippen MR) is 78.8 cm³/mol. The van der Waals surface area contributed by atoms with E-state index in [0.29, 0.717) is 5.82 Å². The maximum Gasteiger partial charge on any atom is 0.139 e. The molecule has 0 fully saturated rings. The zero-order valence-corrected chi connectivity index (χ0v) is 12.1. The molecule has 3 aromatic rings. The van der Waals surface area contributed by atoms with E-state index < -0.39 is 0 Å². The second-order valence-corrected chi connectivity index (χ2v) is 5.28. The molecule has 19 heavy (non-hydrogen) atoms. The summed E-state index contributed by atoms with van der Waals surface area (Å²) in [6, 6.07) is 5.84. The van der Waals surface area contributed by atoms with Crippen LogP contribution in [-0.2, 0) is 6.54 Å². The zero-order valence-electron chi connectivity index (χ0n) is 10.5. The van der Waals surface area contributed by atoms with Crippen LogP contribution in [0.1, 0.15) is 13.3 Å². The average Bonchev–Trinajstić information content (AvgIpc) is 2.96. The summed E-state index contributed by atoms with van der Waals surface area (Å²) in [4.78, 5) is 4.60. The molecule has 0 aliphatic heterocycles. The Labute approximate surface area is 119 Å². The predicted octanol–water partition coefficient (Wildman–Crippen LogP) is 2.95. The maximum atomic E-state index is 6.20. The first-order valence-electron chi connectivity index (χ1n) is 6.16. The van der Waals surface area contributed by atoms with Gasteiger partial charge in [0.05, 0.1) is 5.69 Å². The lowest BCUT2D eigenvalue weighted by atomic mass is 10.3. The van der Waals surface area contributed by atoms with Crippen molar-refractivity contribution < 1.29 is 0 Å². The number of rotatable bonds is 3. The van der Waals surface area contributed by atoms with Crippen molar-refractivity contribution in [1.29, 1.82) is 0 Å². The van der Waals surface area contributed by atoms with E-state index >= 15 is 0 Å². The molecule has 0 aliphatic carbocycles. The van der Waals surface area contributed by atoms with Crippen molar-refractivity contribution in [2.24, 2.45) is 0 Å². The molecule has 5 nitrogen and oxygen atoms in total. The van der Waals surface area contributed by atoms with Crippen molar-refractivity contribution in [3.05, 3.63) is 35.1 Å². The topological polar surface area (TPSA) is 61.1 Å². The van der Waals surface area contributed by atoms with Crippen LogP contribution in [0.4, 0.5) is 5.82 Å². The number of pyridine rings is 1. The van der Waals surface area contributed by atoms with Crippen molar-refractivity contribution in [1.82, 2.24) is 19.2 Å². The molecule has 6 heteroatoms. The third-order valence-corrected chi connectivity index (χ3v) is 3.48. The Kier molecular flexibility index (Phi) is 3.02. The van der Waals surface area contributed by atoms with Gasteiger partial charge < -0.3 is 5.73 Å². The Morgan fingerprint density at radius 2 is 2.16 bits per heavy atom. The highest BCUT2D eigenvalue weighted by Crippen LogP contribution is 2.27. The van der Waals surface area contributed by atoms with Crippen LogP contribution in [-0.4, -0.2) is 19.2 Å². The molecule has 0 saturated carbocycles. The number of halogens is 1. The Bertz CT molecular complexity index is 728. The summed E-state index contributed by atoms with van der Waals surface area (Å²) in [7, 11) is 0. The molecule has 0 atom stereocenters. The van der Waals surface area contributed by atoms with Gasteiger partial charge in [-0.05, 0) is 40.5 Å². The monoisotopic (exact) mass is 319 g/mol. The van der Waals surface area contributed by atoms with Crippen molar-refractivity contribution >= 4 is 27.4 Å². The number of fused-ring (bicyclic) bond motifs is 1. The molecule has 0 aromatic carbocycles. The number of anilines is 1. The molecular formula is C13H14BrN5. The van der Waals surface area contributed by atoms with Gasteiger partial charge in [0, 0.05) is 23.4 Å². The summed E-state index contributed by atoms with van der Waals surface area (Å²) in [5.74, 6) is 0.633. The van der Waals surface area contributed by atoms with Crippen LogP contribution in [0, 0.1) is 0 Å². The third kappa shape index (κ3) is 2.02. The van der Waals surface area contributed by atoms with Crippen LogP contribution in [0.5, 0.6) is 0 Å². The summed E-state index contributed by atoms with van der Waals surface area (Å²) in [5, 5.41) is 4.31. The molecule has 3 rings (SSSR count). The number of nitrogens with zero attached hydrogens (tertiary/aromatic N) is 4. The van der Waals surface area contributed by atoms with E-state index in [1.54, 1.807) is 6.20 Å². The fourth-order valence-corrected chi connectivity index (χ4v) is 2.49. The lowest BCUT2D eigenvalue weighted by molar-refractivity contribution is 0.608. The van der Waals surface area contributed by atoms with Crippen molar-refractivity contribution in [3.63, 3.8) is 0 Å². The lowest BCUT2D eigenvalue weighted by Gasteiger charge is -2.04. The van der Waals surface area contributed by atoms with Crippen LogP contribution < -0.4 is 5.73 Å². The highest BCUT2D eigenvalue weighted by Gasteiger charge is 2.15. The van der Waals surface area contributed by atoms with E-state index in [1.807, 2.05) is 33.5 Å². The number of imidazole rings is 1. The number of aromatic nitrogens is 4. The lowest BCUT2D eigenvalue weighted by Crippen LogP contribution is -2.02. The molecule has 0 aliphatic rings. The van der Waals surface area contributed by atoms with E-state index in [-0.39, 0.29) is 0 Å². The van der Waals surface area contributed by atoms with E-state index in [9.17, 15) is 0 Å². The summed E-state index contributed by atoms with van der Waals surface area (Å²) < 4.78 is 4.79. The van der Waals surface area contributed by atoms with Gasteiger partial charge in [0.25, 0.3) is 0 Å². The fraction of sp³-hybridized carbons (Fsp3) is 0.231. The molecule has 0 radical (unpaired) electrons. The second kappa shape index (κ2) is 4.70. The summed E-state index contributed by atoms with van der Waals surface area (Å²) in [6.07, 6.45) is 4.72. The maximum absolute atomic E-state index is 6.20. The zero-order chi connectivity index (χ0) is 13.4. The van der Waals surface area contributed by atoms with Crippen LogP contribution in [0.2, 0.25) is 0 Å². The first-order valence-corrected chi connectivity index (χ1v) is 6.95. The molecule has 0 bridgehead atoms. The third-order valence-electron chi connectivity index (χ3n) is 3.01. The minimum absolute atomic E-state index is 0.633. The van der Waals surface area contributed by atoms with Gasteiger partial charge in [-0.2, -0.15) is 5.10 Å². The smallest absolute Gasteiger partial charge is 0.139 e. The van der Waals surface area contributed by atoms with Gasteiger partial charge in [-0.25, -0.2) is 4.98 Å². The van der Waals surface area contributed by atoms with Gasteiger partial charge in [0.15, 0.2) is 0 Å². The normalized spacial score (nSPS) is 11.3. The van der Waals surface area contributed by atoms with Gasteiger partial charge in [-0.3, -0.25) is 9.08 Å². The van der Waals surface area contributed by atoms with Gasteiger partial charge in [-0.15, -0.1) is 0 Å². The number of nitrogens with two attached hydrogens (primary N) is 1. The Morgan fingerprint density at radius 3 is 2.95 bits per heavy atom. The highest BCUT2D eigenvalue weighted by atomic mass is 79.9. The number of hydrogen-bond acceptors (Lipinski definition) is 3. The molecular weight excluding hydrogens is 306 g/mol. The number of nitrogen functional groups attached to an aromatic ring is 1. The quantitative estimate of drug-likeness (QED) is 0.807. The minimum atomic E-state index is 0.633. The van der Waals surface area contributed by atoms with Crippen molar-refractivity contribution in [2.45, 2.75) is 19.9 Å². The minimum Gasteiger partial charge on any atom is -0.383 e. The summed E-state index contributed by atoms with van der Waals surface area (Å²) >= 11 is 3.44. The first kappa shape index (κ1) is 12.2. The van der Waals surface area contributed by atoms with Crippen LogP contribution in [0.3, 0.4) is 0 Å². The summed E-state index contributed by atoms with van der Waals surface area (Å²) in [5.41, 5.74) is 8.78. The van der Waals surface area contributed by atoms with Crippen molar-refractivity contribution in [2.75, 3.05) is 5.73 Å². The van der Waals surface area contributed by atoms with E-state index in [2.05, 4.69) is 32.9 Å². The van der Waals surface area contributed by atoms with Gasteiger partial charge in [0.2, 0.25) is 0 Å². The number of aryl methyl sites for hydroxylation is 1. The summed E-state index contributed by atoms with van der Waals surface area (Å²) in [6.45, 7) is 2.98. The van der Waals surface area contributed by atoms with E-state index in [0.717, 1.165) is 34.5 Å². The van der Waals surface area contributed by atoms with E-state index in [1.165, 1.54) is 0 Å². The molecule has 0 amide bonds. The number of hydrogen-bond donors (Lipinski definition) is 1. The van der Waals surface area contributed by atoms with E-state index in [4.69, 9.17) is 5.73 Å². The fourth-order valence-electron chi connectivity index (χ4n) is 2.15. The van der Waals surface area contributed by atoms with Crippen LogP contribution in [0.15, 0.2) is 35.1 Å². The highest BCUT2D eigenvalue weighted by molar-refractivity contribution is 9.10. The molecule has 3 aromatic heterocycles. The van der Waals surface area contributed by atoms with Gasteiger partial charge in [-0.1, -0.05) is 6.92 Å². The molecule has 98 valence electrons. The largest absolute Gasteiger partial charge is 0.383 e. The Morgan fingerprint density at radius 1 is 1.32 bits per heavy atom. The molecule has 2 N–H and O–H groups in total. The Balaban J connectivity index is 2.19. The van der Waals surface area contributed by atoms with Crippen LogP contribution in [0.25, 0.3) is 17.0 Å². The SMILES string of the molecule is CCCn1nccc1-c1nc2ccc(Br)cn2c1N. The Hall–Kier alpha value is -1.82. The molecule has 0 saturated heterocycles. The van der Waals surface area contributed by atoms with Crippen LogP contribution >= 0.6 is 15.9 Å². The average molecular weight is 320 g/mol. The second-order valence-electron chi connectivity index (χ2n) is 4.36.